The summed E-state index contributed by atoms with van der Waals surface area (Å²) in [7, 11) is -2.99. The van der Waals surface area contributed by atoms with Gasteiger partial charge in [0.05, 0.1) is 33.1 Å². The maximum atomic E-state index is 14.8. The van der Waals surface area contributed by atoms with E-state index in [0.717, 1.165) is 4.90 Å². The number of alkyl carbamates (subject to hydrolysis) is 1. The first-order valence-electron chi connectivity index (χ1n) is 20.0. The Labute approximate surface area is 344 Å². The third-order valence-electron chi connectivity index (χ3n) is 12.6. The van der Waals surface area contributed by atoms with E-state index in [-0.39, 0.29) is 50.6 Å². The minimum absolute atomic E-state index is 0.00878. The van der Waals surface area contributed by atoms with E-state index in [2.05, 4.69) is 15.6 Å². The highest BCUT2D eigenvalue weighted by molar-refractivity contribution is 7.91. The fraction of sp³-hybridized carbons (Fsp3) is 0.625. The number of ether oxygens (including phenoxy) is 4. The highest BCUT2D eigenvalue weighted by Crippen LogP contribution is 2.48. The van der Waals surface area contributed by atoms with Gasteiger partial charge >= 0.3 is 12.3 Å². The van der Waals surface area contributed by atoms with Gasteiger partial charge in [0.2, 0.25) is 33.3 Å². The van der Waals surface area contributed by atoms with Crippen molar-refractivity contribution in [1.29, 1.82) is 0 Å². The Balaban J connectivity index is 1.23. The lowest BCUT2D eigenvalue weighted by Gasteiger charge is -2.34. The summed E-state index contributed by atoms with van der Waals surface area (Å²) in [6.45, 7) is 0.902. The number of carbonyl (C=O) groups is 4. The van der Waals surface area contributed by atoms with E-state index >= 15 is 0 Å². The summed E-state index contributed by atoms with van der Waals surface area (Å²) >= 11 is 0. The van der Waals surface area contributed by atoms with Crippen LogP contribution in [0.3, 0.4) is 0 Å². The van der Waals surface area contributed by atoms with E-state index in [1.807, 2.05) is 17.7 Å². The second-order valence-corrected chi connectivity index (χ2v) is 18.9. The van der Waals surface area contributed by atoms with Crippen LogP contribution >= 0.6 is 0 Å². The first-order chi connectivity index (χ1) is 28.4. The molecule has 1 aromatic carbocycles. The summed E-state index contributed by atoms with van der Waals surface area (Å²) in [6.07, 6.45) is -1.78. The lowest BCUT2D eigenvalue weighted by Crippen LogP contribution is -2.60. The van der Waals surface area contributed by atoms with Gasteiger partial charge in [-0.2, -0.15) is 13.2 Å². The summed E-state index contributed by atoms with van der Waals surface area (Å²) in [6, 6.07) is 4.21. The van der Waals surface area contributed by atoms with E-state index in [1.54, 1.807) is 37.3 Å². The number of carbonyl (C=O) groups excluding carboxylic acids is 4. The molecule has 5 aliphatic rings. The molecule has 2 aliphatic carbocycles. The standard InChI is InChI=1S/C40H49F4N5O10S/c1-23-8-4-5-9-25-18-39(25,35(52)48-60(54,55)37(21-41)12-13-37)47-32(50)29-17-26(58-33-28-11-7-6-10-27(28)30(56-3)19-45-33)20-49(29)34(51)31(24(2)16-23)46-36(53)59-38(40(42,43)44)14-15-57-22-38/h5-7,9-11,19,23-26,29,31H,4,8,12-18,20-22H2,1-3H3,(H,46,53)(H,47,50)(H,48,52). The normalized spacial score (nSPS) is 31.8. The molecule has 2 saturated heterocycles. The van der Waals surface area contributed by atoms with Crippen LogP contribution in [0.1, 0.15) is 65.2 Å². The number of hydrogen-bond donors (Lipinski definition) is 3. The van der Waals surface area contributed by atoms with Crippen LogP contribution in [0.4, 0.5) is 22.4 Å². The van der Waals surface area contributed by atoms with Crippen molar-refractivity contribution in [2.24, 2.45) is 17.8 Å². The third-order valence-corrected chi connectivity index (χ3v) is 14.7. The monoisotopic (exact) mass is 867 g/mol. The number of amides is 4. The van der Waals surface area contributed by atoms with Gasteiger partial charge in [0.1, 0.15) is 40.9 Å². The molecule has 8 unspecified atom stereocenters. The summed E-state index contributed by atoms with van der Waals surface area (Å²) in [4.78, 5) is 62.3. The number of benzene rings is 1. The molecule has 3 aliphatic heterocycles. The second kappa shape index (κ2) is 16.3. The Bertz CT molecular complexity index is 2150. The molecule has 328 valence electrons. The number of halogens is 4. The molecule has 8 atom stereocenters. The van der Waals surface area contributed by atoms with Crippen molar-refractivity contribution in [3.63, 3.8) is 0 Å². The molecule has 20 heteroatoms. The van der Waals surface area contributed by atoms with Gasteiger partial charge in [-0.25, -0.2) is 22.6 Å². The largest absolute Gasteiger partial charge is 0.494 e. The fourth-order valence-corrected chi connectivity index (χ4v) is 9.97. The molecule has 60 heavy (non-hydrogen) atoms. The van der Waals surface area contributed by atoms with E-state index in [1.165, 1.54) is 13.3 Å². The van der Waals surface area contributed by atoms with Crippen LogP contribution in [0.15, 0.2) is 42.6 Å². The van der Waals surface area contributed by atoms with Crippen molar-refractivity contribution in [2.75, 3.05) is 33.5 Å². The minimum atomic E-state index is -4.98. The lowest BCUT2D eigenvalue weighted by molar-refractivity contribution is -0.256. The highest BCUT2D eigenvalue weighted by Gasteiger charge is 2.64. The van der Waals surface area contributed by atoms with Gasteiger partial charge in [-0.1, -0.05) is 44.2 Å². The zero-order chi connectivity index (χ0) is 43.3. The Kier molecular flexibility index (Phi) is 11.8. The van der Waals surface area contributed by atoms with Crippen molar-refractivity contribution in [1.82, 2.24) is 25.2 Å². The summed E-state index contributed by atoms with van der Waals surface area (Å²) in [5, 5.41) is 6.34. The number of nitrogens with zero attached hydrogens (tertiary/aromatic N) is 2. The Morgan fingerprint density at radius 2 is 1.83 bits per heavy atom. The van der Waals surface area contributed by atoms with E-state index in [4.69, 9.17) is 18.9 Å². The number of methoxy groups -OCH3 is 1. The number of rotatable bonds is 9. The molecule has 0 bridgehead atoms. The minimum Gasteiger partial charge on any atom is -0.494 e. The van der Waals surface area contributed by atoms with Crippen LogP contribution in [0.25, 0.3) is 10.8 Å². The molecule has 2 aromatic rings. The molecule has 4 fully saturated rings. The molecular weight excluding hydrogens is 819 g/mol. The van der Waals surface area contributed by atoms with Crippen molar-refractivity contribution in [3.8, 4) is 11.6 Å². The van der Waals surface area contributed by atoms with Crippen LogP contribution in [-0.2, 0) is 33.9 Å². The lowest BCUT2D eigenvalue weighted by atomic mass is 9.88. The second-order valence-electron chi connectivity index (χ2n) is 16.8. The molecule has 0 radical (unpaired) electrons. The maximum absolute atomic E-state index is 14.8. The zero-order valence-electron chi connectivity index (χ0n) is 33.4. The molecule has 15 nitrogen and oxygen atoms in total. The van der Waals surface area contributed by atoms with Gasteiger partial charge in [0.15, 0.2) is 0 Å². The number of pyridine rings is 1. The topological polar surface area (TPSA) is 192 Å². The van der Waals surface area contributed by atoms with Crippen molar-refractivity contribution in [3.05, 3.63) is 42.6 Å². The molecule has 4 heterocycles. The predicted octanol–water partition coefficient (Wildman–Crippen LogP) is 4.24. The molecule has 0 spiro atoms. The number of allylic oxidation sites excluding steroid dienone is 1. The van der Waals surface area contributed by atoms with Crippen LogP contribution in [0.2, 0.25) is 0 Å². The number of hydrogen-bond acceptors (Lipinski definition) is 11. The average molecular weight is 868 g/mol. The summed E-state index contributed by atoms with van der Waals surface area (Å²) in [5.41, 5.74) is -4.71. The van der Waals surface area contributed by atoms with Crippen molar-refractivity contribution < 1.29 is 64.1 Å². The van der Waals surface area contributed by atoms with Gasteiger partial charge in [0, 0.05) is 29.5 Å². The van der Waals surface area contributed by atoms with Crippen LogP contribution in [0, 0.1) is 17.8 Å². The van der Waals surface area contributed by atoms with Gasteiger partial charge < -0.3 is 34.5 Å². The number of nitrogens with one attached hydrogen (secondary N) is 3. The summed E-state index contributed by atoms with van der Waals surface area (Å²) < 4.78 is 105. The average Bonchev–Trinajstić information content (AvgIpc) is 4.03. The van der Waals surface area contributed by atoms with E-state index < -0.39 is 106 Å². The molecular formula is C40H49F4N5O10S. The van der Waals surface area contributed by atoms with Gasteiger partial charge in [0.25, 0.3) is 5.91 Å². The highest BCUT2D eigenvalue weighted by atomic mass is 32.2. The van der Waals surface area contributed by atoms with Gasteiger partial charge in [-0.15, -0.1) is 0 Å². The zero-order valence-corrected chi connectivity index (χ0v) is 34.2. The number of sulfonamides is 1. The molecule has 3 N–H and O–H groups in total. The maximum Gasteiger partial charge on any atom is 0.430 e. The number of aromatic nitrogens is 1. The predicted molar refractivity (Wildman–Crippen MR) is 206 cm³/mol. The van der Waals surface area contributed by atoms with Crippen LogP contribution in [-0.4, -0.2) is 116 Å². The molecule has 4 amide bonds. The number of alkyl halides is 4. The fourth-order valence-electron chi connectivity index (χ4n) is 8.55. The van der Waals surface area contributed by atoms with E-state index in [9.17, 15) is 45.2 Å². The SMILES string of the molecule is COc1cnc(OC2CC3C(=O)NC4(C(=O)NS(=O)(=O)C5(CF)CC5)CC4C=CCCC(C)CC(C)C(NC(=O)OC4(C(F)(F)F)CCOC4)C(=O)N3C2)c2ccccc12. The Morgan fingerprint density at radius 1 is 1.10 bits per heavy atom. The van der Waals surface area contributed by atoms with Crippen molar-refractivity contribution in [2.45, 2.75) is 105 Å². The first kappa shape index (κ1) is 43.4. The molecule has 2 saturated carbocycles. The third kappa shape index (κ3) is 8.20. The Morgan fingerprint density at radius 3 is 2.48 bits per heavy atom. The van der Waals surface area contributed by atoms with Crippen molar-refractivity contribution >= 4 is 44.6 Å². The smallest absolute Gasteiger partial charge is 0.430 e. The molecule has 7 rings (SSSR count). The van der Waals surface area contributed by atoms with Crippen LogP contribution in [0.5, 0.6) is 11.6 Å². The number of fused-ring (bicyclic) bond motifs is 3. The van der Waals surface area contributed by atoms with Crippen LogP contribution < -0.4 is 24.8 Å². The first-order valence-corrected chi connectivity index (χ1v) is 21.5. The molecule has 1 aromatic heterocycles. The quantitative estimate of drug-likeness (QED) is 0.241. The Hall–Kier alpha value is -4.72. The summed E-state index contributed by atoms with van der Waals surface area (Å²) in [5.74, 6) is -3.53. The van der Waals surface area contributed by atoms with Gasteiger partial charge in [-0.05, 0) is 56.4 Å². The van der Waals surface area contributed by atoms with E-state index in [0.29, 0.717) is 35.8 Å². The van der Waals surface area contributed by atoms with Gasteiger partial charge in [-0.3, -0.25) is 19.1 Å².